The van der Waals surface area contributed by atoms with E-state index in [2.05, 4.69) is 107 Å². The zero-order valence-corrected chi connectivity index (χ0v) is 23.0. The summed E-state index contributed by atoms with van der Waals surface area (Å²) in [4.78, 5) is 0. The molecule has 0 heterocycles. The molecule has 0 radical (unpaired) electrons. The lowest BCUT2D eigenvalue weighted by Crippen LogP contribution is -2.67. The molecule has 188 valence electrons. The van der Waals surface area contributed by atoms with Gasteiger partial charge in [-0.1, -0.05) is 126 Å². The van der Waals surface area contributed by atoms with Crippen molar-refractivity contribution in [1.82, 2.24) is 0 Å². The largest absolute Gasteiger partial charge is 0.407 e. The van der Waals surface area contributed by atoms with Crippen LogP contribution < -0.4 is 10.4 Å². The maximum Gasteiger partial charge on any atom is 0.261 e. The normalized spacial score (nSPS) is 14.9. The molecule has 1 N–H and O–H groups in total. The van der Waals surface area contributed by atoms with Gasteiger partial charge in [-0.05, 0) is 33.3 Å². The Morgan fingerprint density at radius 1 is 0.743 bits per heavy atom. The fraction of sp³-hybridized carbons (Fsp3) is 0.419. The molecule has 3 rings (SSSR count). The molecule has 0 aromatic heterocycles. The smallest absolute Gasteiger partial charge is 0.261 e. The summed E-state index contributed by atoms with van der Waals surface area (Å²) in [5, 5.41) is 13.6. The first-order valence-electron chi connectivity index (χ1n) is 12.8. The number of hydrogen-bond acceptors (Lipinski definition) is 3. The second kappa shape index (κ2) is 12.6. The minimum atomic E-state index is -2.60. The van der Waals surface area contributed by atoms with Crippen molar-refractivity contribution in [2.75, 3.05) is 13.2 Å². The molecule has 0 fully saturated rings. The average Bonchev–Trinajstić information content (AvgIpc) is 2.87. The van der Waals surface area contributed by atoms with Gasteiger partial charge in [0.05, 0.1) is 12.7 Å². The van der Waals surface area contributed by atoms with Crippen molar-refractivity contribution in [3.05, 3.63) is 96.6 Å². The Morgan fingerprint density at radius 2 is 1.23 bits per heavy atom. The summed E-state index contributed by atoms with van der Waals surface area (Å²) in [6.07, 6.45) is 0.367. The van der Waals surface area contributed by atoms with Gasteiger partial charge in [0, 0.05) is 19.1 Å². The van der Waals surface area contributed by atoms with E-state index in [1.54, 1.807) is 0 Å². The number of rotatable bonds is 12. The van der Waals surface area contributed by atoms with Crippen LogP contribution in [-0.2, 0) is 15.8 Å². The Balaban J connectivity index is 1.67. The van der Waals surface area contributed by atoms with Gasteiger partial charge in [0.15, 0.2) is 0 Å². The van der Waals surface area contributed by atoms with E-state index >= 15 is 0 Å². The first-order chi connectivity index (χ1) is 16.8. The molecule has 35 heavy (non-hydrogen) atoms. The Hall–Kier alpha value is -2.24. The van der Waals surface area contributed by atoms with Crippen LogP contribution in [0, 0.1) is 11.8 Å². The molecule has 3 atom stereocenters. The van der Waals surface area contributed by atoms with Crippen LogP contribution in [0.15, 0.2) is 91.0 Å². The molecular weight excluding hydrogens is 448 g/mol. The topological polar surface area (TPSA) is 38.7 Å². The molecule has 0 amide bonds. The van der Waals surface area contributed by atoms with E-state index in [0.717, 1.165) is 6.42 Å². The predicted molar refractivity (Wildman–Crippen MR) is 149 cm³/mol. The molecule has 0 aliphatic carbocycles. The summed E-state index contributed by atoms with van der Waals surface area (Å²) in [5.41, 5.74) is 1.17. The fourth-order valence-electron chi connectivity index (χ4n) is 4.88. The molecule has 0 spiro atoms. The molecule has 0 bridgehead atoms. The molecule has 0 aliphatic rings. The van der Waals surface area contributed by atoms with E-state index in [-0.39, 0.29) is 16.9 Å². The van der Waals surface area contributed by atoms with E-state index in [4.69, 9.17) is 9.16 Å². The molecule has 3 aromatic carbocycles. The first kappa shape index (κ1) is 27.3. The van der Waals surface area contributed by atoms with Gasteiger partial charge in [-0.2, -0.15) is 0 Å². The van der Waals surface area contributed by atoms with Crippen molar-refractivity contribution in [2.24, 2.45) is 11.8 Å². The SMILES string of the molecule is C[C@H](CO[Si](c1ccccc1)(c1ccccc1)C(C)(C)C)[C@H](O)[C@@H](C)CCOCc1ccccc1. The highest BCUT2D eigenvalue weighted by atomic mass is 28.4. The van der Waals surface area contributed by atoms with Crippen LogP contribution in [0.25, 0.3) is 0 Å². The summed E-state index contributed by atoms with van der Waals surface area (Å²) in [6.45, 7) is 12.8. The maximum atomic E-state index is 11.1. The maximum absolute atomic E-state index is 11.1. The van der Waals surface area contributed by atoms with Crippen molar-refractivity contribution in [3.8, 4) is 0 Å². The van der Waals surface area contributed by atoms with Gasteiger partial charge >= 0.3 is 0 Å². The van der Waals surface area contributed by atoms with Gasteiger partial charge in [0.2, 0.25) is 0 Å². The molecule has 0 saturated carbocycles. The van der Waals surface area contributed by atoms with E-state index in [9.17, 15) is 5.11 Å². The molecular formula is C31H42O3Si. The van der Waals surface area contributed by atoms with Gasteiger partial charge in [0.1, 0.15) is 0 Å². The summed E-state index contributed by atoms with van der Waals surface area (Å²) in [6, 6.07) is 31.6. The third-order valence-corrected chi connectivity index (χ3v) is 12.0. The summed E-state index contributed by atoms with van der Waals surface area (Å²) >= 11 is 0. The quantitative estimate of drug-likeness (QED) is 0.257. The monoisotopic (exact) mass is 490 g/mol. The Bertz CT molecular complexity index is 947. The average molecular weight is 491 g/mol. The number of aliphatic hydroxyl groups is 1. The zero-order valence-electron chi connectivity index (χ0n) is 22.0. The second-order valence-corrected chi connectivity index (χ2v) is 15.1. The van der Waals surface area contributed by atoms with Crippen LogP contribution in [0.1, 0.15) is 46.6 Å². The fourth-order valence-corrected chi connectivity index (χ4v) is 9.55. The highest BCUT2D eigenvalue weighted by Crippen LogP contribution is 2.37. The lowest BCUT2D eigenvalue weighted by atomic mass is 9.92. The Morgan fingerprint density at radius 3 is 1.71 bits per heavy atom. The molecule has 0 aliphatic heterocycles. The van der Waals surface area contributed by atoms with Crippen LogP contribution in [-0.4, -0.2) is 32.7 Å². The summed E-state index contributed by atoms with van der Waals surface area (Å²) in [5.74, 6) is 0.143. The lowest BCUT2D eigenvalue weighted by Gasteiger charge is -2.44. The van der Waals surface area contributed by atoms with Crippen LogP contribution in [0.2, 0.25) is 5.04 Å². The standard InChI is InChI=1S/C31H42O3Si/c1-25(21-22-33-24-27-15-9-6-10-16-27)30(32)26(2)23-34-35(31(3,4)5,28-17-11-7-12-18-28)29-19-13-8-14-20-29/h6-20,25-26,30,32H,21-24H2,1-5H3/t25-,26+,30+/m0/s1. The van der Waals surface area contributed by atoms with Crippen LogP contribution in [0.5, 0.6) is 0 Å². The minimum absolute atomic E-state index is 0.0146. The van der Waals surface area contributed by atoms with E-state index in [0.29, 0.717) is 19.8 Å². The van der Waals surface area contributed by atoms with Gasteiger partial charge in [-0.25, -0.2) is 0 Å². The molecule has 3 nitrogen and oxygen atoms in total. The number of hydrogen-bond donors (Lipinski definition) is 1. The van der Waals surface area contributed by atoms with Crippen molar-refractivity contribution < 1.29 is 14.3 Å². The zero-order chi connectivity index (χ0) is 25.3. The van der Waals surface area contributed by atoms with Crippen LogP contribution in [0.4, 0.5) is 0 Å². The second-order valence-electron chi connectivity index (χ2n) is 10.7. The minimum Gasteiger partial charge on any atom is -0.407 e. The van der Waals surface area contributed by atoms with E-state index in [1.165, 1.54) is 15.9 Å². The highest BCUT2D eigenvalue weighted by Gasteiger charge is 2.50. The van der Waals surface area contributed by atoms with Gasteiger partial charge < -0.3 is 14.3 Å². The van der Waals surface area contributed by atoms with Gasteiger partial charge in [0.25, 0.3) is 8.32 Å². The van der Waals surface area contributed by atoms with Crippen molar-refractivity contribution in [3.63, 3.8) is 0 Å². The van der Waals surface area contributed by atoms with Crippen molar-refractivity contribution >= 4 is 18.7 Å². The number of aliphatic hydroxyl groups excluding tert-OH is 1. The van der Waals surface area contributed by atoms with Crippen LogP contribution >= 0.6 is 0 Å². The lowest BCUT2D eigenvalue weighted by molar-refractivity contribution is 0.0207. The third-order valence-electron chi connectivity index (χ3n) is 6.97. The summed E-state index contributed by atoms with van der Waals surface area (Å²) in [7, 11) is -2.60. The van der Waals surface area contributed by atoms with Crippen molar-refractivity contribution in [2.45, 2.75) is 58.8 Å². The molecule has 0 unspecified atom stereocenters. The number of benzene rings is 3. The molecule has 0 saturated heterocycles. The molecule has 4 heteroatoms. The Labute approximate surface area is 213 Å². The van der Waals surface area contributed by atoms with Gasteiger partial charge in [-0.3, -0.25) is 0 Å². The van der Waals surface area contributed by atoms with Crippen LogP contribution in [0.3, 0.4) is 0 Å². The third kappa shape index (κ3) is 6.92. The Kier molecular flexibility index (Phi) is 9.87. The summed E-state index contributed by atoms with van der Waals surface area (Å²) < 4.78 is 12.9. The first-order valence-corrected chi connectivity index (χ1v) is 14.7. The van der Waals surface area contributed by atoms with Crippen molar-refractivity contribution in [1.29, 1.82) is 0 Å². The van der Waals surface area contributed by atoms with E-state index < -0.39 is 14.4 Å². The highest BCUT2D eigenvalue weighted by molar-refractivity contribution is 6.99. The molecule has 3 aromatic rings. The number of ether oxygens (including phenoxy) is 1. The van der Waals surface area contributed by atoms with Gasteiger partial charge in [-0.15, -0.1) is 0 Å². The predicted octanol–water partition coefficient (Wildman–Crippen LogP) is 5.80. The van der Waals surface area contributed by atoms with E-state index in [1.807, 2.05) is 18.2 Å².